The minimum atomic E-state index is -0.484. The molecular weight excluding hydrogens is 260 g/mol. The first-order valence-electron chi connectivity index (χ1n) is 6.19. The second-order valence-electron chi connectivity index (χ2n) is 4.15. The second kappa shape index (κ2) is 5.64. The molecule has 0 atom stereocenters. The van der Waals surface area contributed by atoms with Crippen LogP contribution < -0.4 is 10.1 Å². The number of hydrogen-bond acceptors (Lipinski definition) is 4. The molecule has 0 spiro atoms. The summed E-state index contributed by atoms with van der Waals surface area (Å²) in [5, 5.41) is 2.70. The van der Waals surface area contributed by atoms with Crippen LogP contribution in [0.1, 0.15) is 12.5 Å². The van der Waals surface area contributed by atoms with Gasteiger partial charge in [0.15, 0.2) is 0 Å². The first kappa shape index (κ1) is 13.9. The molecule has 2 amide bonds. The van der Waals surface area contributed by atoms with Crippen LogP contribution in [0.15, 0.2) is 24.8 Å². The summed E-state index contributed by atoms with van der Waals surface area (Å²) in [5.74, 6) is 0.100. The summed E-state index contributed by atoms with van der Waals surface area (Å²) in [4.78, 5) is 24.8. The zero-order valence-corrected chi connectivity index (χ0v) is 11.4. The molecule has 0 radical (unpaired) electrons. The predicted octanol–water partition coefficient (Wildman–Crippen LogP) is 2.08. The monoisotopic (exact) mass is 276 g/mol. The number of esters is 1. The number of carbonyl (C=O) groups excluding carboxylic acids is 2. The number of methoxy groups -OCH3 is 1. The molecule has 0 aromatic heterocycles. The van der Waals surface area contributed by atoms with Crippen LogP contribution in [0.2, 0.25) is 0 Å². The number of urea groups is 1. The third kappa shape index (κ3) is 2.45. The number of rotatable bonds is 4. The lowest BCUT2D eigenvalue weighted by atomic mass is 10.1. The van der Waals surface area contributed by atoms with E-state index < -0.39 is 12.0 Å². The quantitative estimate of drug-likeness (QED) is 0.855. The fourth-order valence-electron chi connectivity index (χ4n) is 2.05. The van der Waals surface area contributed by atoms with Crippen LogP contribution in [-0.2, 0) is 9.53 Å². The van der Waals surface area contributed by atoms with Crippen molar-refractivity contribution in [3.05, 3.63) is 30.3 Å². The molecule has 0 aliphatic carbocycles. The number of ether oxygens (including phenoxy) is 2. The maximum Gasteiger partial charge on any atom is 0.326 e. The number of nitrogens with one attached hydrogen (secondary N) is 1. The molecule has 0 saturated carbocycles. The van der Waals surface area contributed by atoms with Gasteiger partial charge >= 0.3 is 12.0 Å². The molecule has 106 valence electrons. The van der Waals surface area contributed by atoms with Gasteiger partial charge in [-0.05, 0) is 19.1 Å². The molecule has 0 fully saturated rings. The van der Waals surface area contributed by atoms with Gasteiger partial charge in [0, 0.05) is 0 Å². The van der Waals surface area contributed by atoms with Gasteiger partial charge in [-0.25, -0.2) is 4.79 Å². The van der Waals surface area contributed by atoms with E-state index in [1.54, 1.807) is 25.1 Å². The van der Waals surface area contributed by atoms with Gasteiger partial charge in [-0.2, -0.15) is 0 Å². The number of benzene rings is 1. The highest BCUT2D eigenvalue weighted by atomic mass is 16.5. The molecule has 1 N–H and O–H groups in total. The van der Waals surface area contributed by atoms with E-state index in [0.717, 1.165) is 0 Å². The predicted molar refractivity (Wildman–Crippen MR) is 74.4 cm³/mol. The summed E-state index contributed by atoms with van der Waals surface area (Å²) < 4.78 is 10.1. The van der Waals surface area contributed by atoms with Crippen LogP contribution in [0.3, 0.4) is 0 Å². The molecule has 1 heterocycles. The average molecular weight is 276 g/mol. The van der Waals surface area contributed by atoms with Gasteiger partial charge in [0.05, 0.1) is 30.7 Å². The summed E-state index contributed by atoms with van der Waals surface area (Å²) in [5.41, 5.74) is 1.69. The fraction of sp³-hybridized carbons (Fsp3) is 0.286. The number of carbonyl (C=O) groups is 2. The summed E-state index contributed by atoms with van der Waals surface area (Å²) in [7, 11) is 1.54. The minimum absolute atomic E-state index is 0.185. The van der Waals surface area contributed by atoms with Crippen LogP contribution in [0.25, 0.3) is 5.70 Å². The van der Waals surface area contributed by atoms with Gasteiger partial charge in [0.2, 0.25) is 0 Å². The number of nitrogens with zero attached hydrogens (tertiary/aromatic N) is 1. The second-order valence-corrected chi connectivity index (χ2v) is 4.15. The lowest BCUT2D eigenvalue weighted by molar-refractivity contribution is -0.143. The number of amides is 2. The average Bonchev–Trinajstić information content (AvgIpc) is 2.42. The number of fused-ring (bicyclic) bond motifs is 1. The largest absolute Gasteiger partial charge is 0.496 e. The van der Waals surface area contributed by atoms with Gasteiger partial charge in [-0.3, -0.25) is 9.69 Å². The Morgan fingerprint density at radius 1 is 1.45 bits per heavy atom. The highest BCUT2D eigenvalue weighted by molar-refractivity contribution is 6.05. The van der Waals surface area contributed by atoms with E-state index in [-0.39, 0.29) is 13.2 Å². The Kier molecular flexibility index (Phi) is 3.93. The zero-order valence-electron chi connectivity index (χ0n) is 11.4. The SMILES string of the molecule is C=C1c2c(cccc2OC)NC(=O)N1CC(=O)OCC. The Hall–Kier alpha value is -2.50. The molecule has 0 unspecified atom stereocenters. The van der Waals surface area contributed by atoms with E-state index >= 15 is 0 Å². The van der Waals surface area contributed by atoms with Gasteiger partial charge in [0.25, 0.3) is 0 Å². The van der Waals surface area contributed by atoms with E-state index in [1.807, 2.05) is 0 Å². The topological polar surface area (TPSA) is 67.9 Å². The Morgan fingerprint density at radius 2 is 2.20 bits per heavy atom. The molecule has 2 rings (SSSR count). The lowest BCUT2D eigenvalue weighted by Gasteiger charge is -2.31. The molecule has 20 heavy (non-hydrogen) atoms. The first-order valence-corrected chi connectivity index (χ1v) is 6.19. The number of anilines is 1. The van der Waals surface area contributed by atoms with Gasteiger partial charge < -0.3 is 14.8 Å². The molecule has 1 aliphatic heterocycles. The van der Waals surface area contributed by atoms with E-state index in [0.29, 0.717) is 22.7 Å². The third-order valence-corrected chi connectivity index (χ3v) is 2.94. The van der Waals surface area contributed by atoms with Crippen molar-refractivity contribution < 1.29 is 19.1 Å². The van der Waals surface area contributed by atoms with Crippen LogP contribution in [0, 0.1) is 0 Å². The Morgan fingerprint density at radius 3 is 2.85 bits per heavy atom. The molecule has 6 nitrogen and oxygen atoms in total. The smallest absolute Gasteiger partial charge is 0.326 e. The standard InChI is InChI=1S/C14H16N2O4/c1-4-20-12(17)8-16-9(2)13-10(15-14(16)18)6-5-7-11(13)19-3/h5-7H,2,4,8H2,1,3H3,(H,15,18). The Bertz CT molecular complexity index is 568. The van der Waals surface area contributed by atoms with E-state index in [2.05, 4.69) is 11.9 Å². The molecule has 1 aliphatic rings. The highest BCUT2D eigenvalue weighted by Crippen LogP contribution is 2.37. The summed E-state index contributed by atoms with van der Waals surface area (Å²) >= 11 is 0. The van der Waals surface area contributed by atoms with Gasteiger partial charge in [-0.1, -0.05) is 12.6 Å². The fourth-order valence-corrected chi connectivity index (χ4v) is 2.05. The summed E-state index contributed by atoms with van der Waals surface area (Å²) in [6.07, 6.45) is 0. The highest BCUT2D eigenvalue weighted by Gasteiger charge is 2.30. The van der Waals surface area contributed by atoms with Crippen LogP contribution >= 0.6 is 0 Å². The van der Waals surface area contributed by atoms with Crippen molar-refractivity contribution in [1.29, 1.82) is 0 Å². The van der Waals surface area contributed by atoms with Crippen molar-refractivity contribution in [1.82, 2.24) is 4.90 Å². The summed E-state index contributed by atoms with van der Waals surface area (Å²) in [6.45, 7) is 5.68. The van der Waals surface area contributed by atoms with Crippen LogP contribution in [0.4, 0.5) is 10.5 Å². The van der Waals surface area contributed by atoms with Crippen molar-refractivity contribution >= 4 is 23.4 Å². The zero-order chi connectivity index (χ0) is 14.7. The van der Waals surface area contributed by atoms with Crippen molar-refractivity contribution in [2.75, 3.05) is 25.6 Å². The van der Waals surface area contributed by atoms with E-state index in [4.69, 9.17) is 9.47 Å². The van der Waals surface area contributed by atoms with E-state index in [1.165, 1.54) is 12.0 Å². The summed E-state index contributed by atoms with van der Waals surface area (Å²) in [6, 6.07) is 4.88. The first-order chi connectivity index (χ1) is 9.58. The third-order valence-electron chi connectivity index (χ3n) is 2.94. The van der Waals surface area contributed by atoms with Crippen molar-refractivity contribution in [2.45, 2.75) is 6.92 Å². The molecule has 0 saturated heterocycles. The normalized spacial score (nSPS) is 13.6. The maximum atomic E-state index is 12.0. The van der Waals surface area contributed by atoms with Gasteiger partial charge in [-0.15, -0.1) is 0 Å². The van der Waals surface area contributed by atoms with Crippen molar-refractivity contribution in [2.24, 2.45) is 0 Å². The molecular formula is C14H16N2O4. The Labute approximate surface area is 117 Å². The van der Waals surface area contributed by atoms with Gasteiger partial charge in [0.1, 0.15) is 12.3 Å². The molecule has 1 aromatic rings. The molecule has 1 aromatic carbocycles. The number of hydrogen-bond donors (Lipinski definition) is 1. The maximum absolute atomic E-state index is 12.0. The van der Waals surface area contributed by atoms with Crippen LogP contribution in [-0.4, -0.2) is 37.2 Å². The van der Waals surface area contributed by atoms with Crippen LogP contribution in [0.5, 0.6) is 5.75 Å². The van der Waals surface area contributed by atoms with E-state index in [9.17, 15) is 9.59 Å². The lowest BCUT2D eigenvalue weighted by Crippen LogP contribution is -2.41. The molecule has 6 heteroatoms. The minimum Gasteiger partial charge on any atom is -0.496 e. The Balaban J connectivity index is 2.32. The van der Waals surface area contributed by atoms with Crippen molar-refractivity contribution in [3.8, 4) is 5.75 Å². The van der Waals surface area contributed by atoms with Crippen molar-refractivity contribution in [3.63, 3.8) is 0 Å². The molecule has 0 bridgehead atoms.